The van der Waals surface area contributed by atoms with E-state index in [1.54, 1.807) is 24.3 Å². The van der Waals surface area contributed by atoms with Crippen LogP contribution in [0.25, 0.3) is 0 Å². The van der Waals surface area contributed by atoms with Crippen LogP contribution in [0.2, 0.25) is 5.02 Å². The molecule has 0 saturated heterocycles. The van der Waals surface area contributed by atoms with Gasteiger partial charge in [0.25, 0.3) is 0 Å². The summed E-state index contributed by atoms with van der Waals surface area (Å²) < 4.78 is 0. The molecule has 21 heavy (non-hydrogen) atoms. The highest BCUT2D eigenvalue weighted by molar-refractivity contribution is 9.10. The number of carbonyl (C=O) groups excluding carboxylic acids is 2. The molecule has 0 bridgehead atoms. The maximum atomic E-state index is 12.3. The predicted molar refractivity (Wildman–Crippen MR) is 90.3 cm³/mol. The molecule has 0 radical (unpaired) electrons. The monoisotopic (exact) mass is 373 g/mol. The lowest BCUT2D eigenvalue weighted by Gasteiger charge is -2.22. The maximum absolute atomic E-state index is 12.3. The Labute approximate surface area is 139 Å². The van der Waals surface area contributed by atoms with Gasteiger partial charge in [0.05, 0.1) is 4.83 Å². The van der Waals surface area contributed by atoms with Crippen LogP contribution in [0.3, 0.4) is 0 Å². The van der Waals surface area contributed by atoms with Gasteiger partial charge >= 0.3 is 0 Å². The van der Waals surface area contributed by atoms with Crippen LogP contribution < -0.4 is 0 Å². The summed E-state index contributed by atoms with van der Waals surface area (Å²) in [6.45, 7) is 5.56. The molecule has 0 saturated carbocycles. The summed E-state index contributed by atoms with van der Waals surface area (Å²) in [6, 6.07) is 6.71. The molecule has 0 fully saturated rings. The van der Waals surface area contributed by atoms with Gasteiger partial charge in [-0.1, -0.05) is 41.4 Å². The van der Waals surface area contributed by atoms with E-state index >= 15 is 0 Å². The van der Waals surface area contributed by atoms with Crippen LogP contribution in [0, 0.1) is 0 Å². The lowest BCUT2D eigenvalue weighted by Crippen LogP contribution is -2.35. The minimum atomic E-state index is -0.498. The Bertz CT molecular complexity index is 470. The van der Waals surface area contributed by atoms with E-state index in [-0.39, 0.29) is 18.1 Å². The highest BCUT2D eigenvalue weighted by Crippen LogP contribution is 2.17. The van der Waals surface area contributed by atoms with E-state index in [4.69, 9.17) is 11.6 Å². The van der Waals surface area contributed by atoms with Crippen molar-refractivity contribution in [3.8, 4) is 0 Å². The third kappa shape index (κ3) is 5.79. The average Bonchev–Trinajstić information content (AvgIpc) is 2.47. The normalized spacial score (nSPS) is 12.0. The fraction of sp³-hybridized carbons (Fsp3) is 0.500. The average molecular weight is 375 g/mol. The van der Waals surface area contributed by atoms with Crippen molar-refractivity contribution in [3.63, 3.8) is 0 Å². The zero-order valence-electron chi connectivity index (χ0n) is 12.4. The van der Waals surface area contributed by atoms with Gasteiger partial charge in [0.2, 0.25) is 5.91 Å². The number of carbonyl (C=O) groups is 2. The molecule has 1 aromatic carbocycles. The minimum absolute atomic E-state index is 0.0166. The van der Waals surface area contributed by atoms with E-state index in [9.17, 15) is 9.59 Å². The number of amides is 1. The molecule has 1 aromatic rings. The van der Waals surface area contributed by atoms with Crippen LogP contribution in [0.4, 0.5) is 0 Å². The summed E-state index contributed by atoms with van der Waals surface area (Å²) in [5, 5.41) is 0.589. The number of hydrogen-bond donors (Lipinski definition) is 0. The number of nitrogens with zero attached hydrogens (tertiary/aromatic N) is 1. The van der Waals surface area contributed by atoms with E-state index in [2.05, 4.69) is 15.9 Å². The largest absolute Gasteiger partial charge is 0.343 e. The maximum Gasteiger partial charge on any atom is 0.224 e. The Morgan fingerprint density at radius 3 is 2.14 bits per heavy atom. The van der Waals surface area contributed by atoms with Crippen molar-refractivity contribution in [3.05, 3.63) is 34.9 Å². The SMILES string of the molecule is CCCN(CCC)C(=O)CC(Br)C(=O)c1ccc(Cl)cc1. The third-order valence-electron chi connectivity index (χ3n) is 3.11. The molecule has 0 aliphatic rings. The van der Waals surface area contributed by atoms with Crippen LogP contribution in [-0.4, -0.2) is 34.5 Å². The molecule has 1 rings (SSSR count). The molecule has 3 nitrogen and oxygen atoms in total. The molecular weight excluding hydrogens is 354 g/mol. The van der Waals surface area contributed by atoms with Gasteiger partial charge in [0.15, 0.2) is 5.78 Å². The van der Waals surface area contributed by atoms with Crippen molar-refractivity contribution >= 4 is 39.2 Å². The third-order valence-corrected chi connectivity index (χ3v) is 4.10. The molecule has 0 spiro atoms. The van der Waals surface area contributed by atoms with Crippen LogP contribution in [0.5, 0.6) is 0 Å². The second-order valence-corrected chi connectivity index (χ2v) is 6.47. The second kappa shape index (κ2) is 9.21. The molecule has 0 aromatic heterocycles. The van der Waals surface area contributed by atoms with Crippen LogP contribution in [0.15, 0.2) is 24.3 Å². The molecule has 5 heteroatoms. The summed E-state index contributed by atoms with van der Waals surface area (Å²) in [5.74, 6) is -0.0733. The van der Waals surface area contributed by atoms with Crippen LogP contribution >= 0.6 is 27.5 Å². The van der Waals surface area contributed by atoms with E-state index in [1.807, 2.05) is 18.7 Å². The Morgan fingerprint density at radius 1 is 1.14 bits per heavy atom. The van der Waals surface area contributed by atoms with E-state index in [0.717, 1.165) is 25.9 Å². The number of benzene rings is 1. The van der Waals surface area contributed by atoms with Crippen molar-refractivity contribution in [1.29, 1.82) is 0 Å². The van der Waals surface area contributed by atoms with Crippen molar-refractivity contribution in [2.45, 2.75) is 37.9 Å². The highest BCUT2D eigenvalue weighted by Gasteiger charge is 2.22. The molecule has 1 amide bonds. The molecule has 0 aliphatic heterocycles. The van der Waals surface area contributed by atoms with E-state index in [0.29, 0.717) is 10.6 Å². The topological polar surface area (TPSA) is 37.4 Å². The smallest absolute Gasteiger partial charge is 0.224 e. The lowest BCUT2D eigenvalue weighted by atomic mass is 10.1. The first kappa shape index (κ1) is 18.2. The zero-order chi connectivity index (χ0) is 15.8. The second-order valence-electron chi connectivity index (χ2n) is 4.92. The van der Waals surface area contributed by atoms with Gasteiger partial charge in [0, 0.05) is 30.1 Å². The quantitative estimate of drug-likeness (QED) is 0.502. The van der Waals surface area contributed by atoms with Crippen molar-refractivity contribution in [2.75, 3.05) is 13.1 Å². The molecule has 0 heterocycles. The fourth-order valence-corrected chi connectivity index (χ4v) is 2.74. The van der Waals surface area contributed by atoms with Gasteiger partial charge in [-0.15, -0.1) is 0 Å². The summed E-state index contributed by atoms with van der Waals surface area (Å²) in [4.78, 5) is 25.8. The molecule has 0 N–H and O–H groups in total. The van der Waals surface area contributed by atoms with Gasteiger partial charge < -0.3 is 4.90 Å². The Balaban J connectivity index is 2.66. The van der Waals surface area contributed by atoms with E-state index < -0.39 is 4.83 Å². The predicted octanol–water partition coefficient (Wildman–Crippen LogP) is 4.32. The molecular formula is C16H21BrClNO2. The fourth-order valence-electron chi connectivity index (χ4n) is 2.07. The standard InChI is InChI=1S/C16H21BrClNO2/c1-3-9-19(10-4-2)15(20)11-14(17)16(21)12-5-7-13(18)8-6-12/h5-8,14H,3-4,9-11H2,1-2H3. The summed E-state index contributed by atoms with van der Waals surface area (Å²) >= 11 is 9.15. The number of rotatable bonds is 8. The van der Waals surface area contributed by atoms with Gasteiger partial charge in [-0.25, -0.2) is 0 Å². The van der Waals surface area contributed by atoms with Crippen LogP contribution in [0.1, 0.15) is 43.5 Å². The zero-order valence-corrected chi connectivity index (χ0v) is 14.8. The van der Waals surface area contributed by atoms with Crippen molar-refractivity contribution < 1.29 is 9.59 Å². The first-order chi connectivity index (χ1) is 9.99. The van der Waals surface area contributed by atoms with Crippen LogP contribution in [-0.2, 0) is 4.79 Å². The Hall–Kier alpha value is -0.870. The molecule has 1 atom stereocenters. The highest BCUT2D eigenvalue weighted by atomic mass is 79.9. The first-order valence-corrected chi connectivity index (χ1v) is 8.50. The number of halogens is 2. The molecule has 0 aliphatic carbocycles. The summed E-state index contributed by atoms with van der Waals surface area (Å²) in [7, 11) is 0. The van der Waals surface area contributed by atoms with Gasteiger partial charge in [0.1, 0.15) is 0 Å². The Morgan fingerprint density at radius 2 is 1.67 bits per heavy atom. The minimum Gasteiger partial charge on any atom is -0.343 e. The molecule has 116 valence electrons. The number of hydrogen-bond acceptors (Lipinski definition) is 2. The summed E-state index contributed by atoms with van der Waals surface area (Å²) in [6.07, 6.45) is 2.02. The van der Waals surface area contributed by atoms with Gasteiger partial charge in [-0.2, -0.15) is 0 Å². The number of ketones is 1. The first-order valence-electron chi connectivity index (χ1n) is 7.21. The van der Waals surface area contributed by atoms with E-state index in [1.165, 1.54) is 0 Å². The van der Waals surface area contributed by atoms with Gasteiger partial charge in [-0.05, 0) is 37.1 Å². The number of alkyl halides is 1. The van der Waals surface area contributed by atoms with Gasteiger partial charge in [-0.3, -0.25) is 9.59 Å². The molecule has 1 unspecified atom stereocenters. The van der Waals surface area contributed by atoms with Crippen molar-refractivity contribution in [1.82, 2.24) is 4.90 Å². The lowest BCUT2D eigenvalue weighted by molar-refractivity contribution is -0.131. The number of Topliss-reactive ketones (excluding diaryl/α,β-unsaturated/α-hetero) is 1. The van der Waals surface area contributed by atoms with Crippen molar-refractivity contribution in [2.24, 2.45) is 0 Å². The summed E-state index contributed by atoms with van der Waals surface area (Å²) in [5.41, 5.74) is 0.562. The Kier molecular flexibility index (Phi) is 7.97.